The number of aromatic amines is 1. The molecule has 7 heteroatoms. The molecule has 1 aromatic heterocycles. The lowest BCUT2D eigenvalue weighted by Gasteiger charge is -2.04. The smallest absolute Gasteiger partial charge is 0.281 e. The lowest BCUT2D eigenvalue weighted by Crippen LogP contribution is -2.13. The van der Waals surface area contributed by atoms with Gasteiger partial charge in [0.15, 0.2) is 11.0 Å². The summed E-state index contributed by atoms with van der Waals surface area (Å²) in [5.74, 6) is 0.0634. The molecule has 0 spiro atoms. The molecule has 6 nitrogen and oxygen atoms in total. The molecule has 0 aliphatic rings. The van der Waals surface area contributed by atoms with E-state index >= 15 is 0 Å². The number of H-pyrrole nitrogens is 1. The lowest BCUT2D eigenvalue weighted by atomic mass is 10.3. The van der Waals surface area contributed by atoms with E-state index in [2.05, 4.69) is 14.7 Å². The van der Waals surface area contributed by atoms with Crippen molar-refractivity contribution >= 4 is 21.7 Å². The molecule has 0 amide bonds. The number of nitrogens with one attached hydrogen (secondary N) is 2. The van der Waals surface area contributed by atoms with Gasteiger partial charge in [0, 0.05) is 11.9 Å². The Kier molecular flexibility index (Phi) is 2.53. The normalized spacial score (nSPS) is 11.2. The second-order valence-corrected chi connectivity index (χ2v) is 4.72. The Labute approximate surface area is 92.6 Å². The van der Waals surface area contributed by atoms with Crippen LogP contribution in [-0.4, -0.2) is 18.4 Å². The van der Waals surface area contributed by atoms with Gasteiger partial charge in [-0.05, 0) is 12.1 Å². The van der Waals surface area contributed by atoms with Gasteiger partial charge in [-0.1, -0.05) is 18.2 Å². The summed E-state index contributed by atoms with van der Waals surface area (Å²) in [5.41, 5.74) is 5.79. The molecule has 2 rings (SSSR count). The molecule has 0 fully saturated rings. The monoisotopic (exact) mass is 238 g/mol. The molecular formula is C9H10N4O2S. The van der Waals surface area contributed by atoms with E-state index in [1.54, 1.807) is 30.3 Å². The van der Waals surface area contributed by atoms with Crippen molar-refractivity contribution in [2.75, 3.05) is 10.5 Å². The fourth-order valence-corrected chi connectivity index (χ4v) is 2.15. The fourth-order valence-electron chi connectivity index (χ4n) is 1.17. The molecule has 4 N–H and O–H groups in total. The highest BCUT2D eigenvalue weighted by molar-refractivity contribution is 7.92. The number of sulfonamides is 1. The third kappa shape index (κ3) is 2.14. The number of imidazole rings is 1. The van der Waals surface area contributed by atoms with Gasteiger partial charge < -0.3 is 10.7 Å². The highest BCUT2D eigenvalue weighted by Gasteiger charge is 2.17. The first-order chi connectivity index (χ1) is 7.58. The highest BCUT2D eigenvalue weighted by atomic mass is 32.2. The molecule has 0 saturated heterocycles. The number of rotatable bonds is 3. The molecule has 1 heterocycles. The zero-order valence-electron chi connectivity index (χ0n) is 8.21. The van der Waals surface area contributed by atoms with Crippen molar-refractivity contribution in [1.82, 2.24) is 9.97 Å². The van der Waals surface area contributed by atoms with Crippen LogP contribution in [0.15, 0.2) is 41.6 Å². The van der Waals surface area contributed by atoms with Gasteiger partial charge in [0.1, 0.15) is 0 Å². The average molecular weight is 238 g/mol. The maximum absolute atomic E-state index is 11.8. The maximum Gasteiger partial charge on any atom is 0.281 e. The van der Waals surface area contributed by atoms with Gasteiger partial charge in [-0.25, -0.2) is 0 Å². The van der Waals surface area contributed by atoms with Gasteiger partial charge in [-0.3, -0.25) is 4.72 Å². The lowest BCUT2D eigenvalue weighted by molar-refractivity contribution is 0.598. The summed E-state index contributed by atoms with van der Waals surface area (Å²) >= 11 is 0. The van der Waals surface area contributed by atoms with E-state index in [-0.39, 0.29) is 11.0 Å². The van der Waals surface area contributed by atoms with Crippen LogP contribution in [0, 0.1) is 0 Å². The van der Waals surface area contributed by atoms with Crippen molar-refractivity contribution in [3.63, 3.8) is 0 Å². The second kappa shape index (κ2) is 3.86. The fraction of sp³-hybridized carbons (Fsp3) is 0. The zero-order chi connectivity index (χ0) is 11.6. The quantitative estimate of drug-likeness (QED) is 0.735. The first-order valence-electron chi connectivity index (χ1n) is 4.47. The summed E-state index contributed by atoms with van der Waals surface area (Å²) in [6, 6.07) is 8.55. The van der Waals surface area contributed by atoms with Crippen LogP contribution >= 0.6 is 0 Å². The van der Waals surface area contributed by atoms with E-state index in [1.165, 1.54) is 6.20 Å². The number of hydrogen-bond donors (Lipinski definition) is 3. The molecule has 84 valence electrons. The van der Waals surface area contributed by atoms with E-state index in [1.807, 2.05) is 0 Å². The second-order valence-electron chi connectivity index (χ2n) is 3.10. The summed E-state index contributed by atoms with van der Waals surface area (Å²) in [6.07, 6.45) is 1.24. The molecule has 0 aliphatic carbocycles. The van der Waals surface area contributed by atoms with E-state index < -0.39 is 10.0 Å². The number of aromatic nitrogens is 2. The first-order valence-corrected chi connectivity index (χ1v) is 5.95. The molecule has 1 aromatic carbocycles. The summed E-state index contributed by atoms with van der Waals surface area (Å²) < 4.78 is 25.9. The van der Waals surface area contributed by atoms with Crippen LogP contribution in [0.4, 0.5) is 11.6 Å². The van der Waals surface area contributed by atoms with E-state index in [0.717, 1.165) is 0 Å². The zero-order valence-corrected chi connectivity index (χ0v) is 9.03. The topological polar surface area (TPSA) is 101 Å². The predicted molar refractivity (Wildman–Crippen MR) is 60.3 cm³/mol. The van der Waals surface area contributed by atoms with Gasteiger partial charge in [-0.15, -0.1) is 0 Å². The molecule has 0 atom stereocenters. The summed E-state index contributed by atoms with van der Waals surface area (Å²) in [6.45, 7) is 0. The minimum atomic E-state index is -3.66. The predicted octanol–water partition coefficient (Wildman–Crippen LogP) is 0.793. The first kappa shape index (κ1) is 10.5. The number of hydrogen-bond acceptors (Lipinski definition) is 4. The third-order valence-corrected chi connectivity index (χ3v) is 3.14. The number of benzene rings is 1. The van der Waals surface area contributed by atoms with Gasteiger partial charge >= 0.3 is 0 Å². The largest absolute Gasteiger partial charge is 0.369 e. The van der Waals surface area contributed by atoms with Crippen molar-refractivity contribution < 1.29 is 8.42 Å². The third-order valence-electron chi connectivity index (χ3n) is 1.88. The minimum Gasteiger partial charge on any atom is -0.369 e. The van der Waals surface area contributed by atoms with Crippen LogP contribution < -0.4 is 10.5 Å². The number of anilines is 2. The van der Waals surface area contributed by atoms with Crippen LogP contribution in [0.2, 0.25) is 0 Å². The Bertz CT molecular complexity index is 577. The van der Waals surface area contributed by atoms with E-state index in [4.69, 9.17) is 5.73 Å². The Balaban J connectivity index is 2.28. The molecule has 0 unspecified atom stereocenters. The summed E-state index contributed by atoms with van der Waals surface area (Å²) in [4.78, 5) is 6.16. The van der Waals surface area contributed by atoms with Gasteiger partial charge in [0.25, 0.3) is 10.0 Å². The molecule has 2 aromatic rings. The standard InChI is InChI=1S/C9H10N4O2S/c10-9-11-6-8(12-9)16(14,15)13-7-4-2-1-3-5-7/h1-6,13H,(H3,10,11,12). The Morgan fingerprint density at radius 1 is 1.25 bits per heavy atom. The average Bonchev–Trinajstić information content (AvgIpc) is 2.66. The van der Waals surface area contributed by atoms with Gasteiger partial charge in [0.05, 0.1) is 0 Å². The Morgan fingerprint density at radius 3 is 2.50 bits per heavy atom. The molecule has 0 radical (unpaired) electrons. The van der Waals surface area contributed by atoms with Crippen LogP contribution in [0.3, 0.4) is 0 Å². The van der Waals surface area contributed by atoms with Crippen LogP contribution in [-0.2, 0) is 10.0 Å². The van der Waals surface area contributed by atoms with Crippen molar-refractivity contribution in [2.24, 2.45) is 0 Å². The number of nitrogens with zero attached hydrogens (tertiary/aromatic N) is 1. The summed E-state index contributed by atoms with van der Waals surface area (Å²) in [7, 11) is -3.66. The Morgan fingerprint density at radius 2 is 1.94 bits per heavy atom. The molecule has 0 bridgehead atoms. The number of para-hydroxylation sites is 1. The van der Waals surface area contributed by atoms with E-state index in [0.29, 0.717) is 5.69 Å². The molecular weight excluding hydrogens is 228 g/mol. The summed E-state index contributed by atoms with van der Waals surface area (Å²) in [5, 5.41) is -0.131. The number of nitrogen functional groups attached to an aromatic ring is 1. The maximum atomic E-state index is 11.8. The molecule has 0 aliphatic heterocycles. The van der Waals surface area contributed by atoms with Crippen molar-refractivity contribution in [3.05, 3.63) is 36.5 Å². The Hall–Kier alpha value is -2.02. The molecule has 16 heavy (non-hydrogen) atoms. The SMILES string of the molecule is Nc1nc(S(=O)(=O)Nc2ccccc2)c[nH]1. The highest BCUT2D eigenvalue weighted by Crippen LogP contribution is 2.13. The van der Waals surface area contributed by atoms with Crippen LogP contribution in [0.25, 0.3) is 0 Å². The number of nitrogens with two attached hydrogens (primary N) is 1. The minimum absolute atomic E-state index is 0.0634. The van der Waals surface area contributed by atoms with Crippen LogP contribution in [0.1, 0.15) is 0 Å². The molecule has 0 saturated carbocycles. The van der Waals surface area contributed by atoms with Crippen molar-refractivity contribution in [1.29, 1.82) is 0 Å². The van der Waals surface area contributed by atoms with Gasteiger partial charge in [0.2, 0.25) is 0 Å². The van der Waals surface area contributed by atoms with Crippen molar-refractivity contribution in [2.45, 2.75) is 5.03 Å². The van der Waals surface area contributed by atoms with Crippen LogP contribution in [0.5, 0.6) is 0 Å². The van der Waals surface area contributed by atoms with Gasteiger partial charge in [-0.2, -0.15) is 13.4 Å². The van der Waals surface area contributed by atoms with E-state index in [9.17, 15) is 8.42 Å². The van der Waals surface area contributed by atoms with Crippen molar-refractivity contribution in [3.8, 4) is 0 Å².